The van der Waals surface area contributed by atoms with Gasteiger partial charge in [-0.05, 0) is 109 Å². The standard InChI is InChI=1S/C74H119NO18/c1-3-5-7-9-11-13-15-16-17-18-19-20-21-22-23-24-25-26-27-28-29-30-31-32-33-34-35-36-37-38-39-40-42-44-46-48-50-52-62(80)75-57(58(79)51-49-47-45-43-41-14-12-10-8-6-4-2)56-88-72-68(86)65(83)70(60(54-77)90-72)93-74-69(87)66(84)71(61(55-78)91-74)92-73-67(85)64(82)63(81)59(53-76)89-73/h5,7-8,10-11,13,16-17,19-20,22-23,25-26,28-29,31-32,34-35,41,43,49,51,57-61,63-74,76-79,81-87H,3-4,6,9,12,14-15,18,21,24,27,30,33,36-40,42,44-48,50,52-56H2,1-2H3,(H,75,80)/b7-5-,10-8+,13-11-,17-16-,20-19-,23-22-,26-25-,29-28-,32-31-,35-34-,43-41+,51-49+. The van der Waals surface area contributed by atoms with E-state index in [1.54, 1.807) is 6.08 Å². The van der Waals surface area contributed by atoms with Crippen molar-refractivity contribution in [3.63, 3.8) is 0 Å². The summed E-state index contributed by atoms with van der Waals surface area (Å²) in [5.74, 6) is -0.306. The number of hydrogen-bond donors (Lipinski definition) is 12. The zero-order chi connectivity index (χ0) is 67.5. The predicted molar refractivity (Wildman–Crippen MR) is 364 cm³/mol. The lowest BCUT2D eigenvalue weighted by molar-refractivity contribution is -0.379. The van der Waals surface area contributed by atoms with Gasteiger partial charge in [-0.2, -0.15) is 0 Å². The van der Waals surface area contributed by atoms with Gasteiger partial charge in [-0.3, -0.25) is 4.79 Å². The summed E-state index contributed by atoms with van der Waals surface area (Å²) in [7, 11) is 0. The molecule has 17 unspecified atom stereocenters. The van der Waals surface area contributed by atoms with Crippen LogP contribution in [0.3, 0.4) is 0 Å². The van der Waals surface area contributed by atoms with E-state index in [9.17, 15) is 61.0 Å². The molecular formula is C74H119NO18. The van der Waals surface area contributed by atoms with Crippen LogP contribution < -0.4 is 5.32 Å². The lowest BCUT2D eigenvalue weighted by Gasteiger charge is -2.48. The minimum absolute atomic E-state index is 0.214. The van der Waals surface area contributed by atoms with Gasteiger partial charge < -0.3 is 89.9 Å². The number of aliphatic hydroxyl groups is 11. The van der Waals surface area contributed by atoms with Gasteiger partial charge in [-0.1, -0.05) is 211 Å². The molecule has 19 heteroatoms. The largest absolute Gasteiger partial charge is 0.394 e. The fourth-order valence-corrected chi connectivity index (χ4v) is 10.5. The van der Waals surface area contributed by atoms with Crippen LogP contribution in [-0.2, 0) is 33.2 Å². The highest BCUT2D eigenvalue weighted by Gasteiger charge is 2.53. The monoisotopic (exact) mass is 1310 g/mol. The summed E-state index contributed by atoms with van der Waals surface area (Å²) in [6, 6.07) is -1.01. The van der Waals surface area contributed by atoms with Gasteiger partial charge in [0.05, 0.1) is 38.6 Å². The molecule has 0 bridgehead atoms. The quantitative estimate of drug-likeness (QED) is 0.0199. The van der Waals surface area contributed by atoms with Gasteiger partial charge in [0.1, 0.15) is 73.2 Å². The van der Waals surface area contributed by atoms with Crippen molar-refractivity contribution in [1.82, 2.24) is 5.32 Å². The first kappa shape index (κ1) is 82.9. The summed E-state index contributed by atoms with van der Waals surface area (Å²) in [5.41, 5.74) is 0. The molecule has 3 aliphatic heterocycles. The van der Waals surface area contributed by atoms with Gasteiger partial charge >= 0.3 is 0 Å². The summed E-state index contributed by atoms with van der Waals surface area (Å²) in [5, 5.41) is 120. The second-order valence-corrected chi connectivity index (χ2v) is 23.9. The van der Waals surface area contributed by atoms with E-state index in [1.165, 1.54) is 25.7 Å². The molecule has 0 saturated carbocycles. The topological polar surface area (TPSA) is 307 Å². The normalized spacial score (nSPS) is 28.5. The number of hydrogen-bond acceptors (Lipinski definition) is 18. The van der Waals surface area contributed by atoms with Gasteiger partial charge in [0, 0.05) is 6.42 Å². The molecule has 0 aromatic carbocycles. The Morgan fingerprint density at radius 1 is 0.398 bits per heavy atom. The van der Waals surface area contributed by atoms with Gasteiger partial charge in [-0.15, -0.1) is 0 Å². The van der Waals surface area contributed by atoms with Gasteiger partial charge in [0.15, 0.2) is 18.9 Å². The Bertz CT molecular complexity index is 2250. The number of carbonyl (C=O) groups excluding carboxylic acids is 1. The first-order chi connectivity index (χ1) is 45.3. The Kier molecular flexibility index (Phi) is 47.9. The third kappa shape index (κ3) is 35.5. The van der Waals surface area contributed by atoms with Crippen molar-refractivity contribution in [3.8, 4) is 0 Å². The first-order valence-electron chi connectivity index (χ1n) is 34.6. The van der Waals surface area contributed by atoms with Crippen LogP contribution in [0.5, 0.6) is 0 Å². The lowest BCUT2D eigenvalue weighted by Crippen LogP contribution is -2.66. The summed E-state index contributed by atoms with van der Waals surface area (Å²) in [6.07, 6.45) is 49.9. The lowest BCUT2D eigenvalue weighted by atomic mass is 9.96. The number of ether oxygens (including phenoxy) is 6. The average Bonchev–Trinajstić information content (AvgIpc) is 0.805. The number of aliphatic hydroxyl groups excluding tert-OH is 11. The molecule has 528 valence electrons. The third-order valence-corrected chi connectivity index (χ3v) is 16.1. The van der Waals surface area contributed by atoms with Gasteiger partial charge in [0.25, 0.3) is 0 Å². The van der Waals surface area contributed by atoms with Crippen LogP contribution in [0.1, 0.15) is 181 Å². The molecule has 93 heavy (non-hydrogen) atoms. The molecule has 0 spiro atoms. The number of unbranched alkanes of at least 4 members (excludes halogenated alkanes) is 12. The van der Waals surface area contributed by atoms with E-state index in [0.717, 1.165) is 122 Å². The molecule has 3 rings (SSSR count). The molecule has 3 heterocycles. The molecule has 17 atom stereocenters. The van der Waals surface area contributed by atoms with E-state index in [4.69, 9.17) is 28.4 Å². The van der Waals surface area contributed by atoms with Crippen molar-refractivity contribution in [2.24, 2.45) is 0 Å². The van der Waals surface area contributed by atoms with Crippen LogP contribution in [-0.4, -0.2) is 193 Å². The maximum atomic E-state index is 13.4. The smallest absolute Gasteiger partial charge is 0.220 e. The molecule has 0 radical (unpaired) electrons. The highest BCUT2D eigenvalue weighted by atomic mass is 16.8. The highest BCUT2D eigenvalue weighted by Crippen LogP contribution is 2.33. The molecule has 3 aliphatic rings. The highest BCUT2D eigenvalue weighted by molar-refractivity contribution is 5.76. The van der Waals surface area contributed by atoms with Crippen LogP contribution in [0.25, 0.3) is 0 Å². The van der Waals surface area contributed by atoms with Crippen LogP contribution in [0.2, 0.25) is 0 Å². The number of allylic oxidation sites excluding steroid dienone is 23. The fourth-order valence-electron chi connectivity index (χ4n) is 10.5. The van der Waals surface area contributed by atoms with Crippen molar-refractivity contribution >= 4 is 5.91 Å². The summed E-state index contributed by atoms with van der Waals surface area (Å²) in [6.45, 7) is 1.46. The van der Waals surface area contributed by atoms with Gasteiger partial charge in [0.2, 0.25) is 5.91 Å². The van der Waals surface area contributed by atoms with Crippen LogP contribution in [0, 0.1) is 0 Å². The second-order valence-electron chi connectivity index (χ2n) is 23.9. The average molecular weight is 1310 g/mol. The van der Waals surface area contributed by atoms with Crippen LogP contribution in [0.4, 0.5) is 0 Å². The maximum absolute atomic E-state index is 13.4. The van der Waals surface area contributed by atoms with E-state index in [2.05, 4.69) is 153 Å². The number of carbonyl (C=O) groups is 1. The number of amides is 1. The molecule has 0 aromatic heterocycles. The first-order valence-corrected chi connectivity index (χ1v) is 34.6. The molecule has 3 saturated heterocycles. The van der Waals surface area contributed by atoms with Crippen molar-refractivity contribution in [2.45, 2.75) is 285 Å². The van der Waals surface area contributed by atoms with Crippen LogP contribution >= 0.6 is 0 Å². The van der Waals surface area contributed by atoms with Gasteiger partial charge in [-0.25, -0.2) is 0 Å². The van der Waals surface area contributed by atoms with E-state index < -0.39 is 124 Å². The van der Waals surface area contributed by atoms with E-state index in [-0.39, 0.29) is 18.9 Å². The zero-order valence-corrected chi connectivity index (χ0v) is 55.7. The summed E-state index contributed by atoms with van der Waals surface area (Å²) in [4.78, 5) is 13.4. The molecule has 1 amide bonds. The van der Waals surface area contributed by atoms with Crippen LogP contribution in [0.15, 0.2) is 146 Å². The van der Waals surface area contributed by atoms with E-state index in [1.807, 2.05) is 6.08 Å². The molecule has 0 aromatic rings. The third-order valence-electron chi connectivity index (χ3n) is 16.1. The van der Waals surface area contributed by atoms with Crippen molar-refractivity contribution in [1.29, 1.82) is 0 Å². The summed E-state index contributed by atoms with van der Waals surface area (Å²) < 4.78 is 34.2. The SMILES string of the molecule is CC/C=C\C/C=C\C/C=C\C/C=C\C/C=C\C/C=C\C/C=C\C/C=C\C/C=C\CCCCCCCCCCCC(=O)NC(COC1OC(CO)C(OC2OC(CO)C(OC3OC(CO)C(O)C(O)C3O)C(O)C2O)C(O)C1O)C(O)/C=C/CC/C=C/CC/C=C/CCC. The minimum Gasteiger partial charge on any atom is -0.394 e. The summed E-state index contributed by atoms with van der Waals surface area (Å²) >= 11 is 0. The maximum Gasteiger partial charge on any atom is 0.220 e. The number of rotatable bonds is 50. The second kappa shape index (κ2) is 53.8. The van der Waals surface area contributed by atoms with Crippen molar-refractivity contribution in [2.75, 3.05) is 26.4 Å². The number of nitrogens with one attached hydrogen (secondary N) is 1. The Morgan fingerprint density at radius 2 is 0.753 bits per heavy atom. The molecular weight excluding hydrogens is 1190 g/mol. The van der Waals surface area contributed by atoms with Crippen molar-refractivity contribution in [3.05, 3.63) is 146 Å². The predicted octanol–water partition coefficient (Wildman–Crippen LogP) is 9.15. The Labute approximate surface area is 555 Å². The zero-order valence-electron chi connectivity index (χ0n) is 55.7. The molecule has 0 aliphatic carbocycles. The van der Waals surface area contributed by atoms with E-state index >= 15 is 0 Å². The Hall–Kier alpha value is -4.33. The minimum atomic E-state index is -1.99. The van der Waals surface area contributed by atoms with E-state index in [0.29, 0.717) is 12.8 Å². The Balaban J connectivity index is 1.35. The molecule has 19 nitrogen and oxygen atoms in total. The Morgan fingerprint density at radius 3 is 1.19 bits per heavy atom. The van der Waals surface area contributed by atoms with Crippen molar-refractivity contribution < 1.29 is 89.4 Å². The molecule has 12 N–H and O–H groups in total. The fraction of sp³-hybridized carbons (Fsp3) is 0.662. The molecule has 3 fully saturated rings.